The van der Waals surface area contributed by atoms with Crippen LogP contribution in [0.4, 0.5) is 0 Å². The van der Waals surface area contributed by atoms with Crippen molar-refractivity contribution in [2.45, 2.75) is 25.8 Å². The van der Waals surface area contributed by atoms with Crippen LogP contribution in [0.2, 0.25) is 5.02 Å². The Balaban J connectivity index is 1.92. The summed E-state index contributed by atoms with van der Waals surface area (Å²) in [6.45, 7) is 2.56. The Morgan fingerprint density at radius 3 is 3.05 bits per heavy atom. The zero-order chi connectivity index (χ0) is 15.7. The minimum absolute atomic E-state index is 0.00716. The van der Waals surface area contributed by atoms with Gasteiger partial charge in [0, 0.05) is 11.6 Å². The maximum Gasteiger partial charge on any atom is 0.257 e. The Morgan fingerprint density at radius 1 is 1.50 bits per heavy atom. The molecule has 2 heterocycles. The fourth-order valence-corrected chi connectivity index (χ4v) is 3.12. The highest BCUT2D eigenvalue weighted by molar-refractivity contribution is 6.30. The van der Waals surface area contributed by atoms with Crippen LogP contribution < -0.4 is 0 Å². The molecule has 1 N–H and O–H groups in total. The van der Waals surface area contributed by atoms with Gasteiger partial charge in [0.15, 0.2) is 0 Å². The lowest BCUT2D eigenvalue weighted by atomic mass is 10.2. The number of amides is 1. The molecule has 1 atom stereocenters. The molecule has 1 aliphatic rings. The summed E-state index contributed by atoms with van der Waals surface area (Å²) in [5, 5.41) is 14.3. The summed E-state index contributed by atoms with van der Waals surface area (Å²) in [4.78, 5) is 14.4. The lowest BCUT2D eigenvalue weighted by molar-refractivity contribution is 0.0677. The summed E-state index contributed by atoms with van der Waals surface area (Å²) in [6, 6.07) is 7.27. The van der Waals surface area contributed by atoms with Gasteiger partial charge in [0.25, 0.3) is 5.91 Å². The lowest BCUT2D eigenvalue weighted by Gasteiger charge is -2.22. The van der Waals surface area contributed by atoms with Crippen molar-refractivity contribution < 1.29 is 9.90 Å². The second-order valence-corrected chi connectivity index (χ2v) is 5.95. The third-order valence-electron chi connectivity index (χ3n) is 4.14. The van der Waals surface area contributed by atoms with E-state index in [2.05, 4.69) is 5.10 Å². The number of carbonyl (C=O) groups excluding carboxylic acids is 1. The zero-order valence-electron chi connectivity index (χ0n) is 12.4. The van der Waals surface area contributed by atoms with Gasteiger partial charge in [0.2, 0.25) is 0 Å². The maximum atomic E-state index is 12.7. The smallest absolute Gasteiger partial charge is 0.257 e. The van der Waals surface area contributed by atoms with Crippen molar-refractivity contribution in [1.82, 2.24) is 14.7 Å². The molecule has 116 valence electrons. The standard InChI is InChI=1S/C16H18ClN3O2/c1-11-15(16(22)19-7-3-6-14(19)10-21)9-18-20(11)13-5-2-4-12(17)8-13/h2,4-5,8-9,14,21H,3,6-7,10H2,1H3/t14-/m1/s1. The number of benzene rings is 1. The predicted molar refractivity (Wildman–Crippen MR) is 84.5 cm³/mol. The molecule has 1 aromatic carbocycles. The van der Waals surface area contributed by atoms with E-state index in [1.54, 1.807) is 21.8 Å². The van der Waals surface area contributed by atoms with Crippen LogP contribution in [0.25, 0.3) is 5.69 Å². The number of nitrogens with zero attached hydrogens (tertiary/aromatic N) is 3. The molecule has 3 rings (SSSR count). The van der Waals surface area contributed by atoms with Crippen LogP contribution in [0.3, 0.4) is 0 Å². The van der Waals surface area contributed by atoms with E-state index >= 15 is 0 Å². The number of hydrogen-bond donors (Lipinski definition) is 1. The second kappa shape index (κ2) is 6.10. The third kappa shape index (κ3) is 2.62. The van der Waals surface area contributed by atoms with E-state index in [4.69, 9.17) is 11.6 Å². The molecule has 1 saturated heterocycles. The monoisotopic (exact) mass is 319 g/mol. The molecular formula is C16H18ClN3O2. The molecule has 0 bridgehead atoms. The predicted octanol–water partition coefficient (Wildman–Crippen LogP) is 2.43. The first kappa shape index (κ1) is 15.1. The van der Waals surface area contributed by atoms with Crippen LogP contribution in [-0.4, -0.2) is 44.9 Å². The Kier molecular flexibility index (Phi) is 4.18. The topological polar surface area (TPSA) is 58.4 Å². The maximum absolute atomic E-state index is 12.7. The molecule has 1 amide bonds. The zero-order valence-corrected chi connectivity index (χ0v) is 13.1. The average Bonchev–Trinajstić information content (AvgIpc) is 3.12. The van der Waals surface area contributed by atoms with Gasteiger partial charge in [-0.25, -0.2) is 4.68 Å². The highest BCUT2D eigenvalue weighted by Gasteiger charge is 2.30. The number of halogens is 1. The van der Waals surface area contributed by atoms with E-state index in [-0.39, 0.29) is 18.6 Å². The molecule has 1 aliphatic heterocycles. The van der Waals surface area contributed by atoms with Crippen molar-refractivity contribution in [2.75, 3.05) is 13.2 Å². The van der Waals surface area contributed by atoms with Crippen molar-refractivity contribution in [1.29, 1.82) is 0 Å². The number of aliphatic hydroxyl groups excluding tert-OH is 1. The van der Waals surface area contributed by atoms with E-state index in [1.807, 2.05) is 25.1 Å². The highest BCUT2D eigenvalue weighted by atomic mass is 35.5. The number of hydrogen-bond acceptors (Lipinski definition) is 3. The lowest BCUT2D eigenvalue weighted by Crippen LogP contribution is -2.37. The van der Waals surface area contributed by atoms with Gasteiger partial charge in [0.05, 0.1) is 35.8 Å². The summed E-state index contributed by atoms with van der Waals surface area (Å²) < 4.78 is 1.71. The number of aliphatic hydroxyl groups is 1. The Morgan fingerprint density at radius 2 is 2.32 bits per heavy atom. The van der Waals surface area contributed by atoms with Gasteiger partial charge in [-0.1, -0.05) is 17.7 Å². The van der Waals surface area contributed by atoms with Gasteiger partial charge in [-0.05, 0) is 38.0 Å². The van der Waals surface area contributed by atoms with Gasteiger partial charge in [0.1, 0.15) is 0 Å². The summed E-state index contributed by atoms with van der Waals surface area (Å²) in [5.74, 6) is -0.0673. The SMILES string of the molecule is Cc1c(C(=O)N2CCC[C@@H]2CO)cnn1-c1cccc(Cl)c1. The van der Waals surface area contributed by atoms with Crippen molar-refractivity contribution in [2.24, 2.45) is 0 Å². The molecule has 1 aromatic heterocycles. The first-order valence-corrected chi connectivity index (χ1v) is 7.72. The van der Waals surface area contributed by atoms with Gasteiger partial charge in [-0.15, -0.1) is 0 Å². The molecule has 22 heavy (non-hydrogen) atoms. The van der Waals surface area contributed by atoms with Gasteiger partial charge in [-0.3, -0.25) is 4.79 Å². The molecule has 1 fully saturated rings. The molecule has 0 spiro atoms. The number of aromatic nitrogens is 2. The summed E-state index contributed by atoms with van der Waals surface area (Å²) >= 11 is 6.01. The van der Waals surface area contributed by atoms with Crippen LogP contribution in [0, 0.1) is 6.92 Å². The average molecular weight is 320 g/mol. The van der Waals surface area contributed by atoms with Crippen molar-refractivity contribution >= 4 is 17.5 Å². The first-order chi connectivity index (χ1) is 10.6. The minimum atomic E-state index is -0.0820. The Labute approximate surface area is 134 Å². The largest absolute Gasteiger partial charge is 0.394 e. The summed E-state index contributed by atoms with van der Waals surface area (Å²) in [6.07, 6.45) is 3.37. The van der Waals surface area contributed by atoms with E-state index in [9.17, 15) is 9.90 Å². The Hall–Kier alpha value is -1.85. The molecular weight excluding hydrogens is 302 g/mol. The molecule has 0 aliphatic carbocycles. The Bertz CT molecular complexity index is 698. The van der Waals surface area contributed by atoms with E-state index in [1.165, 1.54) is 0 Å². The minimum Gasteiger partial charge on any atom is -0.394 e. The van der Waals surface area contributed by atoms with Crippen molar-refractivity contribution in [3.63, 3.8) is 0 Å². The van der Waals surface area contributed by atoms with E-state index in [0.717, 1.165) is 24.2 Å². The molecule has 0 unspecified atom stereocenters. The molecule has 6 heteroatoms. The fourth-order valence-electron chi connectivity index (χ4n) is 2.94. The van der Waals surface area contributed by atoms with E-state index < -0.39 is 0 Å². The van der Waals surface area contributed by atoms with Crippen LogP contribution in [0.1, 0.15) is 28.9 Å². The number of carbonyl (C=O) groups is 1. The fraction of sp³-hybridized carbons (Fsp3) is 0.375. The molecule has 0 radical (unpaired) electrons. The van der Waals surface area contributed by atoms with Crippen molar-refractivity contribution in [3.05, 3.63) is 46.7 Å². The van der Waals surface area contributed by atoms with Gasteiger partial charge >= 0.3 is 0 Å². The summed E-state index contributed by atoms with van der Waals surface area (Å²) in [7, 11) is 0. The van der Waals surface area contributed by atoms with Crippen LogP contribution in [-0.2, 0) is 0 Å². The van der Waals surface area contributed by atoms with Crippen LogP contribution in [0.5, 0.6) is 0 Å². The van der Waals surface area contributed by atoms with Gasteiger partial charge in [-0.2, -0.15) is 5.10 Å². The number of rotatable bonds is 3. The molecule has 2 aromatic rings. The van der Waals surface area contributed by atoms with Crippen molar-refractivity contribution in [3.8, 4) is 5.69 Å². The molecule has 0 saturated carbocycles. The summed E-state index contributed by atoms with van der Waals surface area (Å²) in [5.41, 5.74) is 2.17. The van der Waals surface area contributed by atoms with Crippen LogP contribution in [0.15, 0.2) is 30.5 Å². The van der Waals surface area contributed by atoms with Gasteiger partial charge < -0.3 is 10.0 Å². The van der Waals surface area contributed by atoms with E-state index in [0.29, 0.717) is 17.1 Å². The first-order valence-electron chi connectivity index (χ1n) is 7.34. The third-order valence-corrected chi connectivity index (χ3v) is 4.38. The highest BCUT2D eigenvalue weighted by Crippen LogP contribution is 2.23. The quantitative estimate of drug-likeness (QED) is 0.945. The molecule has 5 nitrogen and oxygen atoms in total. The van der Waals surface area contributed by atoms with Crippen LogP contribution >= 0.6 is 11.6 Å². The second-order valence-electron chi connectivity index (χ2n) is 5.51. The normalized spacial score (nSPS) is 18.0. The number of likely N-dealkylation sites (tertiary alicyclic amines) is 1.